The van der Waals surface area contributed by atoms with Crippen LogP contribution in [0.2, 0.25) is 0 Å². The number of rotatable bonds is 6. The lowest BCUT2D eigenvalue weighted by molar-refractivity contribution is -0.122. The second-order valence-electron chi connectivity index (χ2n) is 5.59. The van der Waals surface area contributed by atoms with Crippen LogP contribution in [0.1, 0.15) is 32.9 Å². The zero-order chi connectivity index (χ0) is 16.8. The van der Waals surface area contributed by atoms with Gasteiger partial charge in [-0.3, -0.25) is 14.2 Å². The molecule has 0 aliphatic heterocycles. The molecular formula is C18H23N3O2. The van der Waals surface area contributed by atoms with E-state index in [-0.39, 0.29) is 24.1 Å². The van der Waals surface area contributed by atoms with Crippen LogP contribution in [0.25, 0.3) is 11.4 Å². The molecule has 2 rings (SSSR count). The van der Waals surface area contributed by atoms with Crippen LogP contribution in [0.15, 0.2) is 41.2 Å². The molecule has 0 saturated carbocycles. The van der Waals surface area contributed by atoms with Crippen LogP contribution in [-0.2, 0) is 17.8 Å². The number of amides is 1. The van der Waals surface area contributed by atoms with Gasteiger partial charge in [-0.2, -0.15) is 0 Å². The van der Waals surface area contributed by atoms with E-state index in [2.05, 4.69) is 10.3 Å². The number of carbonyl (C=O) groups is 1. The second kappa shape index (κ2) is 7.72. The van der Waals surface area contributed by atoms with E-state index in [1.165, 1.54) is 10.6 Å². The Kier molecular flexibility index (Phi) is 5.68. The summed E-state index contributed by atoms with van der Waals surface area (Å²) in [7, 11) is 0. The molecule has 1 amide bonds. The Balaban J connectivity index is 2.42. The van der Waals surface area contributed by atoms with Crippen molar-refractivity contribution in [3.63, 3.8) is 0 Å². The van der Waals surface area contributed by atoms with Crippen LogP contribution < -0.4 is 10.9 Å². The molecule has 1 N–H and O–H groups in total. The zero-order valence-corrected chi connectivity index (χ0v) is 13.9. The third-order valence-electron chi connectivity index (χ3n) is 3.78. The molecule has 5 nitrogen and oxygen atoms in total. The molecule has 5 heteroatoms. The highest BCUT2D eigenvalue weighted by molar-refractivity contribution is 5.76. The smallest absolute Gasteiger partial charge is 0.254 e. The lowest BCUT2D eigenvalue weighted by Gasteiger charge is -2.15. The molecule has 0 unspecified atom stereocenters. The number of carbonyl (C=O) groups excluding carboxylic acids is 1. The van der Waals surface area contributed by atoms with Crippen molar-refractivity contribution in [2.24, 2.45) is 0 Å². The number of nitrogens with zero attached hydrogens (tertiary/aromatic N) is 2. The molecular weight excluding hydrogens is 290 g/mol. The molecule has 1 atom stereocenters. The van der Waals surface area contributed by atoms with Crippen LogP contribution >= 0.6 is 0 Å². The predicted molar refractivity (Wildman–Crippen MR) is 91.2 cm³/mol. The lowest BCUT2D eigenvalue weighted by atomic mass is 10.2. The lowest BCUT2D eigenvalue weighted by Crippen LogP contribution is -2.37. The molecule has 2 aromatic rings. The Morgan fingerprint density at radius 2 is 1.96 bits per heavy atom. The van der Waals surface area contributed by atoms with E-state index in [1.807, 2.05) is 51.1 Å². The number of hydrogen-bond acceptors (Lipinski definition) is 3. The van der Waals surface area contributed by atoms with E-state index in [9.17, 15) is 9.59 Å². The van der Waals surface area contributed by atoms with Crippen LogP contribution in [0.5, 0.6) is 0 Å². The third-order valence-corrected chi connectivity index (χ3v) is 3.78. The first-order valence-corrected chi connectivity index (χ1v) is 8.00. The largest absolute Gasteiger partial charge is 0.352 e. The molecule has 1 heterocycles. The van der Waals surface area contributed by atoms with Crippen molar-refractivity contribution in [3.05, 3.63) is 52.4 Å². The summed E-state index contributed by atoms with van der Waals surface area (Å²) in [6, 6.07) is 11.1. The molecule has 0 aliphatic rings. The summed E-state index contributed by atoms with van der Waals surface area (Å²) in [6.45, 7) is 5.88. The summed E-state index contributed by atoms with van der Waals surface area (Å²) in [4.78, 5) is 29.2. The summed E-state index contributed by atoms with van der Waals surface area (Å²) in [5.41, 5.74) is 1.36. The molecule has 1 aromatic heterocycles. The average molecular weight is 313 g/mol. The maximum absolute atomic E-state index is 12.4. The Morgan fingerprint density at radius 1 is 1.26 bits per heavy atom. The van der Waals surface area contributed by atoms with E-state index >= 15 is 0 Å². The van der Waals surface area contributed by atoms with Crippen LogP contribution in [-0.4, -0.2) is 21.5 Å². The summed E-state index contributed by atoms with van der Waals surface area (Å²) in [5, 5.41) is 2.89. The van der Waals surface area contributed by atoms with Crippen molar-refractivity contribution >= 4 is 5.91 Å². The zero-order valence-electron chi connectivity index (χ0n) is 13.9. The highest BCUT2D eigenvalue weighted by atomic mass is 16.2. The van der Waals surface area contributed by atoms with Gasteiger partial charge in [-0.1, -0.05) is 44.2 Å². The average Bonchev–Trinajstić information content (AvgIpc) is 2.57. The molecule has 122 valence electrons. The first-order chi connectivity index (χ1) is 11.0. The van der Waals surface area contributed by atoms with Gasteiger partial charge in [0.2, 0.25) is 5.91 Å². The van der Waals surface area contributed by atoms with Crippen LogP contribution in [0.3, 0.4) is 0 Å². The van der Waals surface area contributed by atoms with Crippen molar-refractivity contribution in [1.82, 2.24) is 14.9 Å². The normalized spacial score (nSPS) is 12.0. The van der Waals surface area contributed by atoms with Gasteiger partial charge < -0.3 is 5.32 Å². The second-order valence-corrected chi connectivity index (χ2v) is 5.59. The number of hydrogen-bond donors (Lipinski definition) is 1. The summed E-state index contributed by atoms with van der Waals surface area (Å²) in [6.07, 6.45) is 1.52. The van der Waals surface area contributed by atoms with Crippen molar-refractivity contribution in [1.29, 1.82) is 0 Å². The first-order valence-electron chi connectivity index (χ1n) is 8.00. The monoisotopic (exact) mass is 313 g/mol. The Hall–Kier alpha value is -2.43. The number of aromatic nitrogens is 2. The fraction of sp³-hybridized carbons (Fsp3) is 0.389. The fourth-order valence-electron chi connectivity index (χ4n) is 2.26. The fourth-order valence-corrected chi connectivity index (χ4v) is 2.26. The molecule has 0 bridgehead atoms. The minimum absolute atomic E-state index is 0.0234. The van der Waals surface area contributed by atoms with Gasteiger partial charge in [-0.25, -0.2) is 4.98 Å². The van der Waals surface area contributed by atoms with Crippen molar-refractivity contribution in [2.75, 3.05) is 0 Å². The summed E-state index contributed by atoms with van der Waals surface area (Å²) >= 11 is 0. The summed E-state index contributed by atoms with van der Waals surface area (Å²) in [5.74, 6) is 0.360. The maximum Gasteiger partial charge on any atom is 0.254 e. The number of nitrogens with one attached hydrogen (secondary N) is 1. The summed E-state index contributed by atoms with van der Waals surface area (Å²) < 4.78 is 1.44. The van der Waals surface area contributed by atoms with Gasteiger partial charge in [0.25, 0.3) is 5.56 Å². The first kappa shape index (κ1) is 16.9. The predicted octanol–water partition coefficient (Wildman–Crippen LogP) is 2.39. The third kappa shape index (κ3) is 4.28. The van der Waals surface area contributed by atoms with Gasteiger partial charge in [0.15, 0.2) is 0 Å². The van der Waals surface area contributed by atoms with Crippen molar-refractivity contribution in [2.45, 2.75) is 46.2 Å². The number of benzene rings is 1. The van der Waals surface area contributed by atoms with Gasteiger partial charge >= 0.3 is 0 Å². The quantitative estimate of drug-likeness (QED) is 0.890. The Morgan fingerprint density at radius 3 is 2.57 bits per heavy atom. The van der Waals surface area contributed by atoms with Crippen LogP contribution in [0.4, 0.5) is 0 Å². The molecule has 0 aliphatic carbocycles. The van der Waals surface area contributed by atoms with E-state index < -0.39 is 0 Å². The van der Waals surface area contributed by atoms with E-state index in [4.69, 9.17) is 0 Å². The van der Waals surface area contributed by atoms with E-state index in [0.29, 0.717) is 12.2 Å². The standard InChI is InChI=1S/C18H23N3O2/c1-4-13(3)19-16(22)12-21-17(23)11-15(5-2)20-18(21)14-9-7-6-8-10-14/h6-11,13H,4-5,12H2,1-3H3,(H,19,22)/t13-/m1/s1. The van der Waals surface area contributed by atoms with E-state index in [0.717, 1.165) is 17.7 Å². The van der Waals surface area contributed by atoms with Crippen LogP contribution in [0, 0.1) is 0 Å². The SMILES string of the molecule is CCc1cc(=O)n(CC(=O)N[C@H](C)CC)c(-c2ccccc2)n1. The molecule has 23 heavy (non-hydrogen) atoms. The van der Waals surface area contributed by atoms with Gasteiger partial charge in [0.05, 0.1) is 0 Å². The Bertz CT molecular complexity index is 723. The highest BCUT2D eigenvalue weighted by Crippen LogP contribution is 2.15. The topological polar surface area (TPSA) is 64.0 Å². The number of aryl methyl sites for hydroxylation is 1. The highest BCUT2D eigenvalue weighted by Gasteiger charge is 2.14. The minimum atomic E-state index is -0.199. The molecule has 0 fully saturated rings. The van der Waals surface area contributed by atoms with Gasteiger partial charge in [-0.15, -0.1) is 0 Å². The molecule has 0 saturated heterocycles. The van der Waals surface area contributed by atoms with Crippen molar-refractivity contribution < 1.29 is 4.79 Å². The van der Waals surface area contributed by atoms with Crippen molar-refractivity contribution in [3.8, 4) is 11.4 Å². The minimum Gasteiger partial charge on any atom is -0.352 e. The molecule has 0 spiro atoms. The van der Waals surface area contributed by atoms with Gasteiger partial charge in [0.1, 0.15) is 12.4 Å². The van der Waals surface area contributed by atoms with Gasteiger partial charge in [-0.05, 0) is 19.8 Å². The Labute approximate surface area is 136 Å². The molecule has 0 radical (unpaired) electrons. The maximum atomic E-state index is 12.4. The van der Waals surface area contributed by atoms with Gasteiger partial charge in [0, 0.05) is 23.4 Å². The molecule has 1 aromatic carbocycles. The van der Waals surface area contributed by atoms with E-state index in [1.54, 1.807) is 0 Å².